The first-order valence-electron chi connectivity index (χ1n) is 7.97. The molecule has 2 rings (SSSR count). The fourth-order valence-electron chi connectivity index (χ4n) is 3.02. The molecule has 0 spiro atoms. The van der Waals surface area contributed by atoms with E-state index in [1.807, 2.05) is 4.90 Å². The van der Waals surface area contributed by atoms with Gasteiger partial charge in [-0.05, 0) is 64.7 Å². The van der Waals surface area contributed by atoms with Gasteiger partial charge in [0.05, 0.1) is 6.54 Å². The van der Waals surface area contributed by atoms with Crippen molar-refractivity contribution in [1.82, 2.24) is 15.1 Å². The van der Waals surface area contributed by atoms with E-state index in [2.05, 4.69) is 24.1 Å². The number of nitrogens with one attached hydrogen (secondary N) is 1. The van der Waals surface area contributed by atoms with Crippen LogP contribution in [0.4, 0.5) is 0 Å². The normalized spacial score (nSPS) is 21.6. The molecule has 0 unspecified atom stereocenters. The quantitative estimate of drug-likeness (QED) is 0.755. The Hall–Kier alpha value is -0.610. The molecular formula is C15H29N3O. The molecule has 4 nitrogen and oxygen atoms in total. The molecule has 1 aliphatic carbocycles. The van der Waals surface area contributed by atoms with E-state index in [4.69, 9.17) is 0 Å². The number of likely N-dealkylation sites (N-methyl/N-ethyl adjacent to an activating group) is 1. The van der Waals surface area contributed by atoms with Crippen molar-refractivity contribution in [2.75, 3.05) is 39.3 Å². The minimum absolute atomic E-state index is 0.288. The summed E-state index contributed by atoms with van der Waals surface area (Å²) in [6, 6.07) is 0.548. The smallest absolute Gasteiger partial charge is 0.236 e. The molecule has 110 valence electrons. The first-order chi connectivity index (χ1) is 9.24. The average molecular weight is 267 g/mol. The fraction of sp³-hybridized carbons (Fsp3) is 0.933. The van der Waals surface area contributed by atoms with Crippen LogP contribution in [0.25, 0.3) is 0 Å². The third-order valence-electron chi connectivity index (χ3n) is 4.51. The largest absolute Gasteiger partial charge is 0.339 e. The van der Waals surface area contributed by atoms with Crippen LogP contribution in [0.1, 0.15) is 39.5 Å². The lowest BCUT2D eigenvalue weighted by molar-refractivity contribution is -0.130. The van der Waals surface area contributed by atoms with Crippen molar-refractivity contribution in [3.63, 3.8) is 0 Å². The summed E-state index contributed by atoms with van der Waals surface area (Å²) in [5.41, 5.74) is 0. The standard InChI is InChI=1S/C15H29N3O/c1-3-17-9-7-13(8-10-17)11-16-12-15(19)18(4-2)14-5-6-14/h13-14,16H,3-12H2,1-2H3. The van der Waals surface area contributed by atoms with E-state index in [0.717, 1.165) is 19.0 Å². The second-order valence-electron chi connectivity index (χ2n) is 5.92. The third kappa shape index (κ3) is 4.46. The Morgan fingerprint density at radius 1 is 1.21 bits per heavy atom. The van der Waals surface area contributed by atoms with Crippen LogP contribution in [0.5, 0.6) is 0 Å². The molecule has 1 saturated carbocycles. The van der Waals surface area contributed by atoms with Gasteiger partial charge in [-0.25, -0.2) is 0 Å². The first kappa shape index (κ1) is 14.8. The second kappa shape index (κ2) is 7.25. The van der Waals surface area contributed by atoms with Crippen LogP contribution in [0.3, 0.4) is 0 Å². The van der Waals surface area contributed by atoms with Gasteiger partial charge in [0.1, 0.15) is 0 Å². The molecule has 2 aliphatic rings. The predicted octanol–water partition coefficient (Wildman–Crippen LogP) is 1.32. The van der Waals surface area contributed by atoms with E-state index < -0.39 is 0 Å². The van der Waals surface area contributed by atoms with Crippen molar-refractivity contribution in [1.29, 1.82) is 0 Å². The molecule has 1 amide bonds. The van der Waals surface area contributed by atoms with Gasteiger partial charge < -0.3 is 15.1 Å². The van der Waals surface area contributed by atoms with Crippen LogP contribution < -0.4 is 5.32 Å². The van der Waals surface area contributed by atoms with Crippen LogP contribution in [0, 0.1) is 5.92 Å². The maximum Gasteiger partial charge on any atom is 0.236 e. The molecule has 1 heterocycles. The van der Waals surface area contributed by atoms with Gasteiger partial charge in [0.15, 0.2) is 0 Å². The Bertz CT molecular complexity index is 283. The lowest BCUT2D eigenvalue weighted by atomic mass is 9.97. The molecular weight excluding hydrogens is 238 g/mol. The molecule has 0 aromatic heterocycles. The van der Waals surface area contributed by atoms with Gasteiger partial charge >= 0.3 is 0 Å². The van der Waals surface area contributed by atoms with Crippen molar-refractivity contribution in [3.05, 3.63) is 0 Å². The highest BCUT2D eigenvalue weighted by molar-refractivity contribution is 5.78. The fourth-order valence-corrected chi connectivity index (χ4v) is 3.02. The van der Waals surface area contributed by atoms with Gasteiger partial charge in [-0.15, -0.1) is 0 Å². The number of rotatable bonds is 7. The minimum Gasteiger partial charge on any atom is -0.339 e. The van der Waals surface area contributed by atoms with Gasteiger partial charge in [0.2, 0.25) is 5.91 Å². The summed E-state index contributed by atoms with van der Waals surface area (Å²) in [6.45, 7) is 10.3. The zero-order valence-corrected chi connectivity index (χ0v) is 12.5. The third-order valence-corrected chi connectivity index (χ3v) is 4.51. The van der Waals surface area contributed by atoms with Crippen LogP contribution in [0.2, 0.25) is 0 Å². The molecule has 0 aromatic carbocycles. The summed E-state index contributed by atoms with van der Waals surface area (Å²) in [5, 5.41) is 3.38. The molecule has 4 heteroatoms. The van der Waals surface area contributed by atoms with E-state index in [1.54, 1.807) is 0 Å². The van der Waals surface area contributed by atoms with E-state index in [9.17, 15) is 4.79 Å². The summed E-state index contributed by atoms with van der Waals surface area (Å²) in [6.07, 6.45) is 4.95. The summed E-state index contributed by atoms with van der Waals surface area (Å²) < 4.78 is 0. The number of likely N-dealkylation sites (tertiary alicyclic amines) is 1. The maximum atomic E-state index is 12.1. The lowest BCUT2D eigenvalue weighted by Crippen LogP contribution is -2.42. The molecule has 0 radical (unpaired) electrons. The van der Waals surface area contributed by atoms with Crippen molar-refractivity contribution in [2.45, 2.75) is 45.6 Å². The average Bonchev–Trinajstić information content (AvgIpc) is 3.25. The predicted molar refractivity (Wildman–Crippen MR) is 78.1 cm³/mol. The van der Waals surface area contributed by atoms with E-state index in [1.165, 1.54) is 45.3 Å². The van der Waals surface area contributed by atoms with Crippen molar-refractivity contribution in [2.24, 2.45) is 5.92 Å². The van der Waals surface area contributed by atoms with Gasteiger partial charge in [-0.3, -0.25) is 4.79 Å². The topological polar surface area (TPSA) is 35.6 Å². The SMILES string of the molecule is CCN1CCC(CNCC(=O)N(CC)C2CC2)CC1. The summed E-state index contributed by atoms with van der Waals surface area (Å²) in [4.78, 5) is 16.6. The highest BCUT2D eigenvalue weighted by atomic mass is 16.2. The van der Waals surface area contributed by atoms with Gasteiger partial charge in [0, 0.05) is 12.6 Å². The first-order valence-corrected chi connectivity index (χ1v) is 7.97. The van der Waals surface area contributed by atoms with Crippen LogP contribution in [-0.4, -0.2) is 61.0 Å². The Labute approximate surface area is 117 Å². The van der Waals surface area contributed by atoms with Crippen molar-refractivity contribution < 1.29 is 4.79 Å². The van der Waals surface area contributed by atoms with E-state index >= 15 is 0 Å². The molecule has 1 saturated heterocycles. The maximum absolute atomic E-state index is 12.1. The van der Waals surface area contributed by atoms with E-state index in [0.29, 0.717) is 12.6 Å². The van der Waals surface area contributed by atoms with Gasteiger partial charge in [-0.2, -0.15) is 0 Å². The van der Waals surface area contributed by atoms with Crippen molar-refractivity contribution >= 4 is 5.91 Å². The second-order valence-corrected chi connectivity index (χ2v) is 5.92. The zero-order chi connectivity index (χ0) is 13.7. The highest BCUT2D eigenvalue weighted by Crippen LogP contribution is 2.26. The van der Waals surface area contributed by atoms with Gasteiger partial charge in [0.25, 0.3) is 0 Å². The summed E-state index contributed by atoms with van der Waals surface area (Å²) in [7, 11) is 0. The molecule has 0 atom stereocenters. The molecule has 1 aliphatic heterocycles. The zero-order valence-electron chi connectivity index (χ0n) is 12.5. The Morgan fingerprint density at radius 2 is 1.89 bits per heavy atom. The number of amides is 1. The van der Waals surface area contributed by atoms with Gasteiger partial charge in [-0.1, -0.05) is 6.92 Å². The molecule has 0 aromatic rings. The number of piperidine rings is 1. The Kier molecular flexibility index (Phi) is 5.64. The molecule has 0 bridgehead atoms. The van der Waals surface area contributed by atoms with E-state index in [-0.39, 0.29) is 5.91 Å². The Morgan fingerprint density at radius 3 is 2.42 bits per heavy atom. The molecule has 2 fully saturated rings. The van der Waals surface area contributed by atoms with Crippen LogP contribution in [0.15, 0.2) is 0 Å². The monoisotopic (exact) mass is 267 g/mol. The summed E-state index contributed by atoms with van der Waals surface area (Å²) in [5.74, 6) is 1.04. The number of carbonyl (C=O) groups is 1. The Balaban J connectivity index is 1.59. The number of nitrogens with zero attached hydrogens (tertiary/aromatic N) is 2. The highest BCUT2D eigenvalue weighted by Gasteiger charge is 2.30. The lowest BCUT2D eigenvalue weighted by Gasteiger charge is -2.31. The van der Waals surface area contributed by atoms with Crippen LogP contribution >= 0.6 is 0 Å². The molecule has 1 N–H and O–H groups in total. The minimum atomic E-state index is 0.288. The number of hydrogen-bond acceptors (Lipinski definition) is 3. The number of carbonyl (C=O) groups excluding carboxylic acids is 1. The number of hydrogen-bond donors (Lipinski definition) is 1. The molecule has 19 heavy (non-hydrogen) atoms. The van der Waals surface area contributed by atoms with Crippen LogP contribution in [-0.2, 0) is 4.79 Å². The van der Waals surface area contributed by atoms with Crippen molar-refractivity contribution in [3.8, 4) is 0 Å². The summed E-state index contributed by atoms with van der Waals surface area (Å²) >= 11 is 0.